The molecule has 4 rings (SSSR count). The fourth-order valence-electron chi connectivity index (χ4n) is 2.83. The zero-order valence-electron chi connectivity index (χ0n) is 13.4. The number of pyridine rings is 1. The Hall–Kier alpha value is -2.73. The maximum Gasteiger partial charge on any atom is 0.261 e. The van der Waals surface area contributed by atoms with E-state index in [2.05, 4.69) is 15.3 Å². The molecule has 6 heteroatoms. The number of fused-ring (bicyclic) bond motifs is 1. The van der Waals surface area contributed by atoms with Crippen LogP contribution in [0, 0.1) is 13.8 Å². The zero-order chi connectivity index (χ0) is 16.7. The van der Waals surface area contributed by atoms with Crippen molar-refractivity contribution in [3.8, 4) is 0 Å². The number of carbonyl (C=O) groups is 1. The van der Waals surface area contributed by atoms with E-state index in [0.717, 1.165) is 22.0 Å². The largest absolute Gasteiger partial charge is 0.337 e. The lowest BCUT2D eigenvalue weighted by Crippen LogP contribution is -2.32. The van der Waals surface area contributed by atoms with Crippen LogP contribution >= 0.6 is 11.3 Å². The second-order valence-corrected chi connectivity index (χ2v) is 6.66. The van der Waals surface area contributed by atoms with E-state index in [1.54, 1.807) is 11.1 Å². The summed E-state index contributed by atoms with van der Waals surface area (Å²) in [5.41, 5.74) is 3.66. The van der Waals surface area contributed by atoms with Gasteiger partial charge in [-0.15, -0.1) is 11.3 Å². The van der Waals surface area contributed by atoms with Crippen molar-refractivity contribution < 1.29 is 4.79 Å². The number of aryl methyl sites for hydroxylation is 2. The van der Waals surface area contributed by atoms with Crippen LogP contribution in [0.15, 0.2) is 48.0 Å². The number of nitrogens with one attached hydrogen (secondary N) is 1. The fraction of sp³-hybridized carbons (Fsp3) is 0.167. The van der Waals surface area contributed by atoms with Crippen molar-refractivity contribution in [1.82, 2.24) is 9.97 Å². The van der Waals surface area contributed by atoms with Gasteiger partial charge in [-0.2, -0.15) is 0 Å². The number of rotatable bonds is 3. The van der Waals surface area contributed by atoms with Gasteiger partial charge in [0, 0.05) is 22.7 Å². The zero-order valence-corrected chi connectivity index (χ0v) is 14.2. The van der Waals surface area contributed by atoms with Crippen LogP contribution in [-0.4, -0.2) is 15.9 Å². The highest BCUT2D eigenvalue weighted by molar-refractivity contribution is 7.13. The molecular formula is C18H16N4OS. The Morgan fingerprint density at radius 2 is 2.00 bits per heavy atom. The summed E-state index contributed by atoms with van der Waals surface area (Å²) in [5.74, 6) is 0.584. The molecule has 0 saturated carbocycles. The van der Waals surface area contributed by atoms with Gasteiger partial charge >= 0.3 is 0 Å². The molecule has 2 aromatic heterocycles. The highest BCUT2D eigenvalue weighted by atomic mass is 32.1. The van der Waals surface area contributed by atoms with Crippen LogP contribution in [0.25, 0.3) is 0 Å². The van der Waals surface area contributed by atoms with E-state index >= 15 is 0 Å². The summed E-state index contributed by atoms with van der Waals surface area (Å²) in [6.45, 7) is 3.93. The van der Waals surface area contributed by atoms with Gasteiger partial charge in [-0.3, -0.25) is 9.69 Å². The van der Waals surface area contributed by atoms with Crippen LogP contribution < -0.4 is 10.2 Å². The van der Waals surface area contributed by atoms with E-state index in [1.165, 1.54) is 11.3 Å². The fourth-order valence-corrected chi connectivity index (χ4v) is 3.55. The second kappa shape index (κ2) is 5.72. The van der Waals surface area contributed by atoms with Gasteiger partial charge in [0.15, 0.2) is 5.13 Å². The number of amides is 1. The summed E-state index contributed by atoms with van der Waals surface area (Å²) >= 11 is 1.53. The number of carbonyl (C=O) groups excluding carboxylic acids is 1. The first-order chi connectivity index (χ1) is 11.6. The first-order valence-electron chi connectivity index (χ1n) is 7.67. The first kappa shape index (κ1) is 14.8. The van der Waals surface area contributed by atoms with Crippen LogP contribution in [-0.2, 0) is 0 Å². The molecule has 0 spiro atoms. The summed E-state index contributed by atoms with van der Waals surface area (Å²) in [5, 5.41) is 6.16. The minimum atomic E-state index is -0.311. The summed E-state index contributed by atoms with van der Waals surface area (Å²) in [4.78, 5) is 23.5. The summed E-state index contributed by atoms with van der Waals surface area (Å²) < 4.78 is 0. The number of hydrogen-bond donors (Lipinski definition) is 1. The molecule has 0 bridgehead atoms. The lowest BCUT2D eigenvalue weighted by atomic mass is 10.1. The van der Waals surface area contributed by atoms with Gasteiger partial charge in [0.1, 0.15) is 12.0 Å². The van der Waals surface area contributed by atoms with E-state index < -0.39 is 0 Å². The Bertz CT molecular complexity index is 903. The average Bonchev–Trinajstić information content (AvgIpc) is 3.11. The standard InChI is InChI=1S/C18H16N4OS/c1-11-7-8-15(19-9-11)22-16(21-18-20-12(2)10-24-18)13-5-3-4-6-14(13)17(22)23/h3-10,16H,1-2H3,(H,20,21)/t16-/m1/s1. The van der Waals surface area contributed by atoms with Gasteiger partial charge in [0.05, 0.1) is 5.69 Å². The van der Waals surface area contributed by atoms with E-state index in [9.17, 15) is 4.79 Å². The number of hydrogen-bond acceptors (Lipinski definition) is 5. The van der Waals surface area contributed by atoms with Gasteiger partial charge in [-0.25, -0.2) is 9.97 Å². The maximum atomic E-state index is 12.9. The molecule has 120 valence electrons. The third kappa shape index (κ3) is 2.45. The summed E-state index contributed by atoms with van der Waals surface area (Å²) in [6.07, 6.45) is 1.46. The van der Waals surface area contributed by atoms with Crippen molar-refractivity contribution in [3.05, 3.63) is 70.4 Å². The summed E-state index contributed by atoms with van der Waals surface area (Å²) in [6, 6.07) is 11.5. The Morgan fingerprint density at radius 1 is 1.17 bits per heavy atom. The van der Waals surface area contributed by atoms with Gasteiger partial charge in [-0.1, -0.05) is 24.3 Å². The van der Waals surface area contributed by atoms with Crippen molar-refractivity contribution in [1.29, 1.82) is 0 Å². The topological polar surface area (TPSA) is 58.1 Å². The minimum absolute atomic E-state index is 0.0484. The highest BCUT2D eigenvalue weighted by Crippen LogP contribution is 2.37. The molecule has 0 unspecified atom stereocenters. The Morgan fingerprint density at radius 3 is 2.71 bits per heavy atom. The van der Waals surface area contributed by atoms with Crippen molar-refractivity contribution in [2.45, 2.75) is 20.0 Å². The van der Waals surface area contributed by atoms with Gasteiger partial charge in [0.25, 0.3) is 5.91 Å². The van der Waals surface area contributed by atoms with E-state index in [1.807, 2.05) is 55.6 Å². The molecule has 0 saturated heterocycles. The molecule has 1 aliphatic rings. The van der Waals surface area contributed by atoms with E-state index in [4.69, 9.17) is 0 Å². The van der Waals surface area contributed by atoms with E-state index in [0.29, 0.717) is 11.4 Å². The van der Waals surface area contributed by atoms with Crippen molar-refractivity contribution in [2.75, 3.05) is 10.2 Å². The molecule has 5 nitrogen and oxygen atoms in total. The van der Waals surface area contributed by atoms with Crippen LogP contribution in [0.5, 0.6) is 0 Å². The summed E-state index contributed by atoms with van der Waals surface area (Å²) in [7, 11) is 0. The molecule has 3 heterocycles. The average molecular weight is 336 g/mol. The lowest BCUT2D eigenvalue weighted by Gasteiger charge is -2.25. The molecule has 24 heavy (non-hydrogen) atoms. The van der Waals surface area contributed by atoms with Crippen molar-refractivity contribution >= 4 is 28.2 Å². The smallest absolute Gasteiger partial charge is 0.261 e. The number of nitrogens with zero attached hydrogens (tertiary/aromatic N) is 3. The number of anilines is 2. The monoisotopic (exact) mass is 336 g/mol. The predicted molar refractivity (Wildman–Crippen MR) is 95.4 cm³/mol. The minimum Gasteiger partial charge on any atom is -0.337 e. The molecule has 0 aliphatic carbocycles. The van der Waals surface area contributed by atoms with Gasteiger partial charge in [-0.05, 0) is 31.5 Å². The Kier molecular flexibility index (Phi) is 3.54. The van der Waals surface area contributed by atoms with Crippen LogP contribution in [0.3, 0.4) is 0 Å². The third-order valence-electron chi connectivity index (χ3n) is 3.98. The number of thiazole rings is 1. The molecule has 1 atom stereocenters. The predicted octanol–water partition coefficient (Wildman–Crippen LogP) is 3.93. The lowest BCUT2D eigenvalue weighted by molar-refractivity contribution is 0.0992. The van der Waals surface area contributed by atoms with Gasteiger partial charge < -0.3 is 5.32 Å². The Balaban J connectivity index is 1.78. The highest BCUT2D eigenvalue weighted by Gasteiger charge is 2.38. The molecule has 1 amide bonds. The maximum absolute atomic E-state index is 12.9. The normalized spacial score (nSPS) is 16.3. The third-order valence-corrected chi connectivity index (χ3v) is 4.88. The SMILES string of the molecule is Cc1ccc(N2C(=O)c3ccccc3[C@@H]2Nc2nc(C)cs2)nc1. The molecular weight excluding hydrogens is 320 g/mol. The number of aromatic nitrogens is 2. The number of benzene rings is 1. The first-order valence-corrected chi connectivity index (χ1v) is 8.55. The van der Waals surface area contributed by atoms with Gasteiger partial charge in [0.2, 0.25) is 0 Å². The molecule has 1 aliphatic heterocycles. The second-order valence-electron chi connectivity index (χ2n) is 5.80. The molecule has 3 aromatic rings. The van der Waals surface area contributed by atoms with Crippen LogP contribution in [0.2, 0.25) is 0 Å². The van der Waals surface area contributed by atoms with Crippen molar-refractivity contribution in [3.63, 3.8) is 0 Å². The molecule has 1 N–H and O–H groups in total. The molecule has 1 aromatic carbocycles. The molecule has 0 radical (unpaired) electrons. The van der Waals surface area contributed by atoms with Crippen LogP contribution in [0.4, 0.5) is 10.9 Å². The van der Waals surface area contributed by atoms with Crippen LogP contribution in [0.1, 0.15) is 33.3 Å². The molecule has 0 fully saturated rings. The van der Waals surface area contributed by atoms with Crippen molar-refractivity contribution in [2.24, 2.45) is 0 Å². The Labute approximate surface area is 144 Å². The quantitative estimate of drug-likeness (QED) is 0.787. The van der Waals surface area contributed by atoms with E-state index in [-0.39, 0.29) is 12.1 Å².